The average Bonchev–Trinajstić information content (AvgIpc) is 2.42. The average molecular weight is 278 g/mol. The molecular weight excluding hydrogens is 260 g/mol. The normalized spacial score (nSPS) is 12.2. The molecule has 108 valence electrons. The molecule has 0 radical (unpaired) electrons. The number of nitrogens with one attached hydrogen (secondary N) is 1. The highest BCUT2D eigenvalue weighted by Crippen LogP contribution is 2.10. The van der Waals surface area contributed by atoms with Crippen molar-refractivity contribution in [2.45, 2.75) is 18.9 Å². The van der Waals surface area contributed by atoms with Crippen LogP contribution in [0.4, 0.5) is 0 Å². The van der Waals surface area contributed by atoms with Crippen molar-refractivity contribution in [3.8, 4) is 5.75 Å². The van der Waals surface area contributed by atoms with Gasteiger partial charge in [0.25, 0.3) is 0 Å². The standard InChI is InChI=1S/C14H18N2O4/c15-9-1-2-12(14(19)20)16-13(18)8-5-10-3-6-11(17)7-4-10/h3-8,12,17H,1-2,9,15H2,(H,16,18)(H,19,20)/b8-5+/t12-/m0/s1. The number of hydrogen-bond acceptors (Lipinski definition) is 4. The number of aliphatic carboxylic acids is 1. The molecule has 1 aromatic rings. The van der Waals surface area contributed by atoms with E-state index in [1.54, 1.807) is 12.1 Å². The Labute approximate surface area is 116 Å². The molecule has 20 heavy (non-hydrogen) atoms. The number of carbonyl (C=O) groups excluding carboxylic acids is 1. The summed E-state index contributed by atoms with van der Waals surface area (Å²) in [5.41, 5.74) is 6.04. The van der Waals surface area contributed by atoms with Gasteiger partial charge in [-0.1, -0.05) is 12.1 Å². The monoisotopic (exact) mass is 278 g/mol. The highest BCUT2D eigenvalue weighted by molar-refractivity contribution is 5.94. The molecule has 6 heteroatoms. The van der Waals surface area contributed by atoms with Crippen molar-refractivity contribution in [2.75, 3.05) is 6.54 Å². The van der Waals surface area contributed by atoms with Gasteiger partial charge in [0.15, 0.2) is 0 Å². The topological polar surface area (TPSA) is 113 Å². The number of nitrogens with two attached hydrogens (primary N) is 1. The third-order valence-corrected chi connectivity index (χ3v) is 2.63. The molecular formula is C14H18N2O4. The summed E-state index contributed by atoms with van der Waals surface area (Å²) in [7, 11) is 0. The molecule has 0 saturated carbocycles. The van der Waals surface area contributed by atoms with Gasteiger partial charge in [-0.15, -0.1) is 0 Å². The minimum atomic E-state index is -1.08. The van der Waals surface area contributed by atoms with Crippen LogP contribution in [0.2, 0.25) is 0 Å². The minimum absolute atomic E-state index is 0.138. The van der Waals surface area contributed by atoms with Gasteiger partial charge in [-0.2, -0.15) is 0 Å². The summed E-state index contributed by atoms with van der Waals surface area (Å²) in [6, 6.07) is 5.35. The van der Waals surface area contributed by atoms with E-state index in [4.69, 9.17) is 15.9 Å². The zero-order valence-electron chi connectivity index (χ0n) is 11.0. The zero-order valence-corrected chi connectivity index (χ0v) is 11.0. The Morgan fingerprint density at radius 2 is 1.95 bits per heavy atom. The second kappa shape index (κ2) is 7.96. The third-order valence-electron chi connectivity index (χ3n) is 2.63. The number of rotatable bonds is 7. The molecule has 6 nitrogen and oxygen atoms in total. The van der Waals surface area contributed by atoms with Crippen LogP contribution in [0.1, 0.15) is 18.4 Å². The van der Waals surface area contributed by atoms with Crippen molar-refractivity contribution in [1.29, 1.82) is 0 Å². The molecule has 0 heterocycles. The van der Waals surface area contributed by atoms with Gasteiger partial charge in [0.2, 0.25) is 5.91 Å². The molecule has 0 saturated heterocycles. The van der Waals surface area contributed by atoms with Gasteiger partial charge in [-0.3, -0.25) is 4.79 Å². The molecule has 0 spiro atoms. The molecule has 1 rings (SSSR count). The Kier molecular flexibility index (Phi) is 6.25. The highest BCUT2D eigenvalue weighted by atomic mass is 16.4. The number of carbonyl (C=O) groups is 2. The maximum absolute atomic E-state index is 11.6. The SMILES string of the molecule is NCCC[C@H](NC(=O)/C=C/c1ccc(O)cc1)C(=O)O. The fourth-order valence-electron chi connectivity index (χ4n) is 1.56. The van der Waals surface area contributed by atoms with E-state index in [1.165, 1.54) is 24.3 Å². The summed E-state index contributed by atoms with van der Waals surface area (Å²) in [6.07, 6.45) is 3.62. The minimum Gasteiger partial charge on any atom is -0.508 e. The van der Waals surface area contributed by atoms with Crippen molar-refractivity contribution in [3.05, 3.63) is 35.9 Å². The van der Waals surface area contributed by atoms with Crippen molar-refractivity contribution < 1.29 is 19.8 Å². The number of phenols is 1. The van der Waals surface area contributed by atoms with E-state index < -0.39 is 17.9 Å². The summed E-state index contributed by atoms with van der Waals surface area (Å²) in [4.78, 5) is 22.6. The van der Waals surface area contributed by atoms with Gasteiger partial charge in [-0.25, -0.2) is 4.79 Å². The molecule has 1 atom stereocenters. The molecule has 0 aliphatic heterocycles. The second-order valence-corrected chi connectivity index (χ2v) is 4.26. The van der Waals surface area contributed by atoms with E-state index >= 15 is 0 Å². The van der Waals surface area contributed by atoms with Gasteiger partial charge in [0.05, 0.1) is 0 Å². The van der Waals surface area contributed by atoms with Crippen LogP contribution in [0.25, 0.3) is 6.08 Å². The lowest BCUT2D eigenvalue weighted by atomic mass is 10.1. The van der Waals surface area contributed by atoms with Crippen molar-refractivity contribution in [2.24, 2.45) is 5.73 Å². The van der Waals surface area contributed by atoms with Crippen LogP contribution >= 0.6 is 0 Å². The molecule has 5 N–H and O–H groups in total. The van der Waals surface area contributed by atoms with Gasteiger partial charge < -0.3 is 21.3 Å². The first-order valence-electron chi connectivity index (χ1n) is 6.23. The van der Waals surface area contributed by atoms with Gasteiger partial charge in [-0.05, 0) is 43.2 Å². The van der Waals surface area contributed by atoms with Crippen LogP contribution in [-0.4, -0.2) is 34.7 Å². The van der Waals surface area contributed by atoms with Crippen molar-refractivity contribution in [3.63, 3.8) is 0 Å². The van der Waals surface area contributed by atoms with Crippen molar-refractivity contribution in [1.82, 2.24) is 5.32 Å². The predicted molar refractivity (Wildman–Crippen MR) is 75.0 cm³/mol. The van der Waals surface area contributed by atoms with Crippen LogP contribution < -0.4 is 11.1 Å². The lowest BCUT2D eigenvalue weighted by Crippen LogP contribution is -2.40. The van der Waals surface area contributed by atoms with E-state index in [1.807, 2.05) is 0 Å². The molecule has 0 aliphatic rings. The summed E-state index contributed by atoms with van der Waals surface area (Å²) in [5, 5.41) is 20.5. The largest absolute Gasteiger partial charge is 0.508 e. The van der Waals surface area contributed by atoms with Crippen LogP contribution in [0.5, 0.6) is 5.75 Å². The number of hydrogen-bond donors (Lipinski definition) is 4. The van der Waals surface area contributed by atoms with Gasteiger partial charge in [0, 0.05) is 6.08 Å². The van der Waals surface area contributed by atoms with E-state index in [2.05, 4.69) is 5.32 Å². The summed E-state index contributed by atoms with van der Waals surface area (Å²) >= 11 is 0. The van der Waals surface area contributed by atoms with Crippen molar-refractivity contribution >= 4 is 18.0 Å². The smallest absolute Gasteiger partial charge is 0.326 e. The molecule has 1 amide bonds. The highest BCUT2D eigenvalue weighted by Gasteiger charge is 2.17. The second-order valence-electron chi connectivity index (χ2n) is 4.26. The van der Waals surface area contributed by atoms with Crippen LogP contribution in [0.15, 0.2) is 30.3 Å². The van der Waals surface area contributed by atoms with E-state index in [9.17, 15) is 9.59 Å². The summed E-state index contributed by atoms with van der Waals surface area (Å²) in [6.45, 7) is 0.378. The van der Waals surface area contributed by atoms with Gasteiger partial charge >= 0.3 is 5.97 Å². The number of amides is 1. The Morgan fingerprint density at radius 1 is 1.30 bits per heavy atom. The number of benzene rings is 1. The van der Waals surface area contributed by atoms with Gasteiger partial charge in [0.1, 0.15) is 11.8 Å². The van der Waals surface area contributed by atoms with Crippen LogP contribution in [0.3, 0.4) is 0 Å². The summed E-state index contributed by atoms with van der Waals surface area (Å²) < 4.78 is 0. The zero-order chi connectivity index (χ0) is 15.0. The maximum Gasteiger partial charge on any atom is 0.326 e. The first kappa shape index (κ1) is 15.7. The quantitative estimate of drug-likeness (QED) is 0.549. The molecule has 0 fully saturated rings. The molecule has 0 aliphatic carbocycles. The Bertz CT molecular complexity index is 482. The Hall–Kier alpha value is -2.34. The fraction of sp³-hybridized carbons (Fsp3) is 0.286. The maximum atomic E-state index is 11.6. The van der Waals surface area contributed by atoms with Crippen LogP contribution in [0, 0.1) is 0 Å². The number of carboxylic acid groups (broad SMARTS) is 1. The van der Waals surface area contributed by atoms with E-state index in [0.717, 1.165) is 5.56 Å². The Morgan fingerprint density at radius 3 is 2.50 bits per heavy atom. The lowest BCUT2D eigenvalue weighted by molar-refractivity contribution is -0.141. The van der Waals surface area contributed by atoms with E-state index in [0.29, 0.717) is 19.4 Å². The molecule has 0 aromatic heterocycles. The first-order valence-corrected chi connectivity index (χ1v) is 6.23. The molecule has 0 unspecified atom stereocenters. The first-order chi connectivity index (χ1) is 9.52. The predicted octanol–water partition coefficient (Wildman–Crippen LogP) is 0.714. The summed E-state index contributed by atoms with van der Waals surface area (Å²) in [5.74, 6) is -1.42. The van der Waals surface area contributed by atoms with Crippen LogP contribution in [-0.2, 0) is 9.59 Å². The molecule has 0 bridgehead atoms. The fourth-order valence-corrected chi connectivity index (χ4v) is 1.56. The number of aromatic hydroxyl groups is 1. The van der Waals surface area contributed by atoms with E-state index in [-0.39, 0.29) is 5.75 Å². The molecule has 1 aromatic carbocycles. The number of carboxylic acids is 1. The third kappa shape index (κ3) is 5.53. The number of phenolic OH excluding ortho intramolecular Hbond substituents is 1. The lowest BCUT2D eigenvalue weighted by Gasteiger charge is -2.12. The Balaban J connectivity index is 2.56.